The van der Waals surface area contributed by atoms with Gasteiger partial charge in [0.1, 0.15) is 0 Å². The van der Waals surface area contributed by atoms with Crippen molar-refractivity contribution in [3.05, 3.63) is 53.6 Å². The van der Waals surface area contributed by atoms with E-state index in [1.54, 1.807) is 6.07 Å². The maximum absolute atomic E-state index is 13.8. The van der Waals surface area contributed by atoms with Crippen LogP contribution in [0.2, 0.25) is 0 Å². The van der Waals surface area contributed by atoms with Gasteiger partial charge in [-0.2, -0.15) is 20.3 Å². The first kappa shape index (κ1) is 20.5. The van der Waals surface area contributed by atoms with E-state index in [4.69, 9.17) is 10.1 Å². The highest BCUT2D eigenvalue weighted by Crippen LogP contribution is 2.44. The van der Waals surface area contributed by atoms with Gasteiger partial charge < -0.3 is 9.80 Å². The molecule has 1 aliphatic carbocycles. The number of piperidine rings is 1. The number of rotatable bonds is 4. The number of benzene rings is 1. The van der Waals surface area contributed by atoms with E-state index in [2.05, 4.69) is 21.2 Å². The zero-order valence-corrected chi connectivity index (χ0v) is 18.7. The van der Waals surface area contributed by atoms with Crippen molar-refractivity contribution >= 4 is 17.3 Å². The molecule has 33 heavy (non-hydrogen) atoms. The molecule has 0 amide bonds. The lowest BCUT2D eigenvalue weighted by Gasteiger charge is -2.39. The Morgan fingerprint density at radius 2 is 1.82 bits per heavy atom. The Hall–Kier alpha value is -3.10. The third kappa shape index (κ3) is 3.73. The van der Waals surface area contributed by atoms with Crippen LogP contribution in [-0.4, -0.2) is 44.6 Å². The zero-order valence-electron chi connectivity index (χ0n) is 18.7. The summed E-state index contributed by atoms with van der Waals surface area (Å²) >= 11 is 0. The molecule has 3 atom stereocenters. The van der Waals surface area contributed by atoms with Crippen molar-refractivity contribution in [3.8, 4) is 0 Å². The normalized spacial score (nSPS) is 24.3. The Balaban J connectivity index is 1.21. The molecule has 172 valence electrons. The van der Waals surface area contributed by atoms with Crippen LogP contribution in [0.1, 0.15) is 30.8 Å². The number of hydrogen-bond donors (Lipinski definition) is 0. The van der Waals surface area contributed by atoms with E-state index in [9.17, 15) is 8.78 Å². The molecule has 9 heteroatoms. The van der Waals surface area contributed by atoms with E-state index in [0.29, 0.717) is 30.0 Å². The minimum atomic E-state index is -0.840. The van der Waals surface area contributed by atoms with Crippen LogP contribution in [0, 0.1) is 36.3 Å². The number of nitrogens with zero attached hydrogens (tertiary/aromatic N) is 7. The lowest BCUT2D eigenvalue weighted by molar-refractivity contribution is 0.265. The number of halogens is 2. The minimum absolute atomic E-state index is 0.568. The van der Waals surface area contributed by atoms with Crippen molar-refractivity contribution in [1.29, 1.82) is 0 Å². The fourth-order valence-corrected chi connectivity index (χ4v) is 5.91. The Morgan fingerprint density at radius 1 is 1.00 bits per heavy atom. The molecule has 0 spiro atoms. The van der Waals surface area contributed by atoms with Crippen LogP contribution in [-0.2, 0) is 13.0 Å². The fraction of sp³-hybridized carbons (Fsp3) is 0.500. The van der Waals surface area contributed by atoms with Crippen molar-refractivity contribution in [1.82, 2.24) is 25.0 Å². The average molecular weight is 452 g/mol. The van der Waals surface area contributed by atoms with E-state index >= 15 is 0 Å². The summed E-state index contributed by atoms with van der Waals surface area (Å²) in [5.41, 5.74) is 2.72. The number of aryl methyl sites for hydroxylation is 2. The molecule has 1 unspecified atom stereocenters. The Labute approximate surface area is 191 Å². The summed E-state index contributed by atoms with van der Waals surface area (Å²) in [5.74, 6) is 1.70. The number of anilines is 3. The SMILES string of the molecule is Cc1cc(N2C[C@H]3CC[C@@H](C2)C3Cc2nc3n(n2)CCCN3c2ccc(F)c(F)c2)cnn1. The van der Waals surface area contributed by atoms with Crippen LogP contribution < -0.4 is 9.80 Å². The standard InChI is InChI=1S/C24H27F2N7/c1-15-9-19(12-27-29-15)31-13-16-3-4-17(14-31)20(16)11-23-28-24-32(7-2-8-33(24)30-23)18-5-6-21(25)22(26)10-18/h5-6,9-10,12,16-17,20H,2-4,7-8,11,13-14H2,1H3/t16-,17+,20?. The molecule has 6 rings (SSSR count). The topological polar surface area (TPSA) is 63.0 Å². The van der Waals surface area contributed by atoms with Crippen molar-refractivity contribution in [2.45, 2.75) is 39.2 Å². The monoisotopic (exact) mass is 451 g/mol. The summed E-state index contributed by atoms with van der Waals surface area (Å²) in [4.78, 5) is 9.27. The Morgan fingerprint density at radius 3 is 2.58 bits per heavy atom. The second kappa shape index (κ2) is 8.04. The summed E-state index contributed by atoms with van der Waals surface area (Å²) in [5, 5.41) is 13.0. The molecule has 1 saturated heterocycles. The first-order valence-corrected chi connectivity index (χ1v) is 11.8. The van der Waals surface area contributed by atoms with E-state index < -0.39 is 11.6 Å². The molecule has 3 aromatic rings. The van der Waals surface area contributed by atoms with E-state index in [0.717, 1.165) is 55.6 Å². The minimum Gasteiger partial charge on any atom is -0.370 e. The lowest BCUT2D eigenvalue weighted by atomic mass is 9.82. The van der Waals surface area contributed by atoms with Crippen molar-refractivity contribution in [3.63, 3.8) is 0 Å². The summed E-state index contributed by atoms with van der Waals surface area (Å²) in [6.45, 7) is 5.55. The average Bonchev–Trinajstić information content (AvgIpc) is 3.31. The van der Waals surface area contributed by atoms with Gasteiger partial charge in [0.15, 0.2) is 17.5 Å². The van der Waals surface area contributed by atoms with Gasteiger partial charge in [-0.3, -0.25) is 0 Å². The molecular formula is C24H27F2N7. The molecule has 2 aromatic heterocycles. The van der Waals surface area contributed by atoms with E-state index in [1.807, 2.05) is 22.7 Å². The largest absolute Gasteiger partial charge is 0.370 e. The van der Waals surface area contributed by atoms with Crippen molar-refractivity contribution in [2.24, 2.45) is 17.8 Å². The molecule has 2 aliphatic heterocycles. The first-order valence-electron chi connectivity index (χ1n) is 11.8. The molecule has 0 radical (unpaired) electrons. The van der Waals surface area contributed by atoms with Crippen LogP contribution in [0.15, 0.2) is 30.5 Å². The third-order valence-electron chi connectivity index (χ3n) is 7.48. The summed E-state index contributed by atoms with van der Waals surface area (Å²) in [6.07, 6.45) is 6.08. The lowest BCUT2D eigenvalue weighted by Crippen LogP contribution is -2.43. The van der Waals surface area contributed by atoms with Crippen LogP contribution in [0.3, 0.4) is 0 Å². The highest BCUT2D eigenvalue weighted by molar-refractivity contribution is 5.58. The number of fused-ring (bicyclic) bond motifs is 3. The number of aromatic nitrogens is 5. The van der Waals surface area contributed by atoms with Gasteiger partial charge >= 0.3 is 0 Å². The molecule has 4 heterocycles. The fourth-order valence-electron chi connectivity index (χ4n) is 5.91. The predicted molar refractivity (Wildman–Crippen MR) is 120 cm³/mol. The molecule has 1 aromatic carbocycles. The van der Waals surface area contributed by atoms with Gasteiger partial charge in [0.2, 0.25) is 5.95 Å². The summed E-state index contributed by atoms with van der Waals surface area (Å²) in [7, 11) is 0. The van der Waals surface area contributed by atoms with Gasteiger partial charge in [-0.1, -0.05) is 0 Å². The van der Waals surface area contributed by atoms with Crippen LogP contribution in [0.4, 0.5) is 26.1 Å². The van der Waals surface area contributed by atoms with Crippen LogP contribution >= 0.6 is 0 Å². The van der Waals surface area contributed by atoms with Gasteiger partial charge in [0.25, 0.3) is 0 Å². The van der Waals surface area contributed by atoms with Gasteiger partial charge in [-0.15, -0.1) is 0 Å². The number of hydrogen-bond acceptors (Lipinski definition) is 6. The van der Waals surface area contributed by atoms with Crippen LogP contribution in [0.25, 0.3) is 0 Å². The van der Waals surface area contributed by atoms with Gasteiger partial charge in [-0.25, -0.2) is 13.5 Å². The molecule has 2 bridgehead atoms. The Kier molecular flexibility index (Phi) is 4.99. The van der Waals surface area contributed by atoms with E-state index in [-0.39, 0.29) is 0 Å². The third-order valence-corrected chi connectivity index (χ3v) is 7.48. The van der Waals surface area contributed by atoms with Gasteiger partial charge in [0.05, 0.1) is 17.6 Å². The molecule has 0 N–H and O–H groups in total. The highest BCUT2D eigenvalue weighted by Gasteiger charge is 2.42. The quantitative estimate of drug-likeness (QED) is 0.600. The smallest absolute Gasteiger partial charge is 0.228 e. The van der Waals surface area contributed by atoms with Crippen molar-refractivity contribution in [2.75, 3.05) is 29.4 Å². The predicted octanol–water partition coefficient (Wildman–Crippen LogP) is 3.90. The Bertz CT molecular complexity index is 1170. The second-order valence-corrected chi connectivity index (χ2v) is 9.58. The second-order valence-electron chi connectivity index (χ2n) is 9.58. The highest BCUT2D eigenvalue weighted by atomic mass is 19.2. The van der Waals surface area contributed by atoms with E-state index in [1.165, 1.54) is 25.0 Å². The molecule has 1 saturated carbocycles. The molecule has 7 nitrogen and oxygen atoms in total. The molecule has 2 fully saturated rings. The van der Waals surface area contributed by atoms with Gasteiger partial charge in [0, 0.05) is 44.4 Å². The first-order chi connectivity index (χ1) is 16.0. The van der Waals surface area contributed by atoms with Crippen LogP contribution in [0.5, 0.6) is 0 Å². The van der Waals surface area contributed by atoms with Gasteiger partial charge in [-0.05, 0) is 62.1 Å². The summed E-state index contributed by atoms with van der Waals surface area (Å²) < 4.78 is 29.2. The maximum Gasteiger partial charge on any atom is 0.228 e. The zero-order chi connectivity index (χ0) is 22.5. The summed E-state index contributed by atoms with van der Waals surface area (Å²) in [6, 6.07) is 6.13. The molecule has 3 aliphatic rings. The molecular weight excluding hydrogens is 424 g/mol. The van der Waals surface area contributed by atoms with Crippen molar-refractivity contribution < 1.29 is 8.78 Å². The maximum atomic E-state index is 13.8.